The van der Waals surface area contributed by atoms with Crippen molar-refractivity contribution in [3.8, 4) is 0 Å². The van der Waals surface area contributed by atoms with Gasteiger partial charge in [-0.25, -0.2) is 4.79 Å². The molecule has 158 valence electrons. The molecule has 1 aromatic carbocycles. The number of nitrogens with two attached hydrogens (primary N) is 2. The summed E-state index contributed by atoms with van der Waals surface area (Å²) in [6.07, 6.45) is 8.31. The van der Waals surface area contributed by atoms with E-state index in [0.717, 1.165) is 44.2 Å². The minimum absolute atomic E-state index is 0.0117. The molecule has 1 aromatic rings. The zero-order valence-corrected chi connectivity index (χ0v) is 17.0. The molecule has 29 heavy (non-hydrogen) atoms. The molecule has 1 aliphatic heterocycles. The number of rotatable bonds is 4. The molecule has 1 heterocycles. The van der Waals surface area contributed by atoms with Crippen LogP contribution in [-0.4, -0.2) is 47.9 Å². The molecular formula is C21H33N7O. The smallest absolute Gasteiger partial charge is 0.322 e. The van der Waals surface area contributed by atoms with Gasteiger partial charge in [-0.3, -0.25) is 15.7 Å². The van der Waals surface area contributed by atoms with E-state index >= 15 is 0 Å². The molecule has 7 N–H and O–H groups in total. The molecule has 1 saturated carbocycles. The van der Waals surface area contributed by atoms with E-state index in [1.807, 2.05) is 28.0 Å². The first kappa shape index (κ1) is 21.0. The van der Waals surface area contributed by atoms with Crippen LogP contribution in [0.3, 0.4) is 0 Å². The van der Waals surface area contributed by atoms with E-state index in [9.17, 15) is 4.79 Å². The summed E-state index contributed by atoms with van der Waals surface area (Å²) in [6.45, 7) is 1.30. The minimum Gasteiger partial charge on any atom is -0.384 e. The maximum atomic E-state index is 13.4. The normalized spacial score (nSPS) is 18.7. The Morgan fingerprint density at radius 3 is 2.28 bits per heavy atom. The number of likely N-dealkylation sites (tertiary alicyclic amines) is 1. The Labute approximate surface area is 172 Å². The Morgan fingerprint density at radius 2 is 1.69 bits per heavy atom. The number of carbonyl (C=O) groups excluding carboxylic acids is 1. The topological polar surface area (TPSA) is 135 Å². The number of nitrogens with one attached hydrogen (secondary N) is 3. The molecule has 0 spiro atoms. The van der Waals surface area contributed by atoms with Crippen LogP contribution in [0, 0.1) is 10.8 Å². The average molecular weight is 400 g/mol. The third-order valence-electron chi connectivity index (χ3n) is 6.01. The van der Waals surface area contributed by atoms with Gasteiger partial charge in [-0.15, -0.1) is 0 Å². The number of amides is 2. The Balaban J connectivity index is 1.81. The molecule has 1 saturated heterocycles. The lowest BCUT2D eigenvalue weighted by Crippen LogP contribution is -2.54. The van der Waals surface area contributed by atoms with Crippen LogP contribution in [0.5, 0.6) is 0 Å². The number of carbonyl (C=O) groups is 1. The van der Waals surface area contributed by atoms with Gasteiger partial charge in [-0.05, 0) is 37.8 Å². The summed E-state index contributed by atoms with van der Waals surface area (Å²) in [7, 11) is 0. The molecule has 2 fully saturated rings. The van der Waals surface area contributed by atoms with Gasteiger partial charge in [0.15, 0.2) is 5.96 Å². The highest BCUT2D eigenvalue weighted by molar-refractivity contribution is 5.98. The molecule has 0 aromatic heterocycles. The Hall–Kier alpha value is -2.77. The number of nitrogens with zero attached hydrogens (tertiary/aromatic N) is 2. The fourth-order valence-electron chi connectivity index (χ4n) is 4.35. The molecule has 0 radical (unpaired) electrons. The van der Waals surface area contributed by atoms with Gasteiger partial charge in [0.25, 0.3) is 0 Å². The van der Waals surface area contributed by atoms with E-state index in [-0.39, 0.29) is 29.9 Å². The predicted octanol–water partition coefficient (Wildman–Crippen LogP) is 2.57. The molecule has 2 aliphatic rings. The van der Waals surface area contributed by atoms with Gasteiger partial charge < -0.3 is 21.7 Å². The van der Waals surface area contributed by atoms with Gasteiger partial charge in [-0.2, -0.15) is 0 Å². The van der Waals surface area contributed by atoms with Crippen molar-refractivity contribution in [1.82, 2.24) is 10.2 Å². The molecule has 0 atom stereocenters. The number of benzene rings is 1. The second kappa shape index (κ2) is 9.62. The van der Waals surface area contributed by atoms with Gasteiger partial charge in [-0.1, -0.05) is 37.8 Å². The predicted molar refractivity (Wildman–Crippen MR) is 116 cm³/mol. The maximum Gasteiger partial charge on any atom is 0.322 e. The van der Waals surface area contributed by atoms with Crippen molar-refractivity contribution >= 4 is 23.5 Å². The first-order valence-corrected chi connectivity index (χ1v) is 10.6. The van der Waals surface area contributed by atoms with Crippen LogP contribution in [0.4, 0.5) is 10.5 Å². The zero-order valence-electron chi connectivity index (χ0n) is 17.0. The molecule has 8 heteroatoms. The Morgan fingerprint density at radius 1 is 1.03 bits per heavy atom. The second-order valence-electron chi connectivity index (χ2n) is 8.08. The summed E-state index contributed by atoms with van der Waals surface area (Å²) in [5.41, 5.74) is 12.7. The number of anilines is 1. The molecule has 3 rings (SSSR count). The summed E-state index contributed by atoms with van der Waals surface area (Å²) < 4.78 is 0. The van der Waals surface area contributed by atoms with E-state index in [4.69, 9.17) is 22.3 Å². The van der Waals surface area contributed by atoms with Crippen molar-refractivity contribution in [3.05, 3.63) is 29.8 Å². The second-order valence-corrected chi connectivity index (χ2v) is 8.08. The summed E-state index contributed by atoms with van der Waals surface area (Å²) in [5, 5.41) is 18.7. The number of amidine groups is 1. The van der Waals surface area contributed by atoms with Crippen LogP contribution >= 0.6 is 0 Å². The highest BCUT2D eigenvalue weighted by Gasteiger charge is 2.31. The summed E-state index contributed by atoms with van der Waals surface area (Å²) in [5.74, 6) is 0.0684. The van der Waals surface area contributed by atoms with Gasteiger partial charge in [0.1, 0.15) is 5.84 Å². The van der Waals surface area contributed by atoms with Crippen LogP contribution in [0.25, 0.3) is 0 Å². The Bertz CT molecular complexity index is 734. The minimum atomic E-state index is -0.0844. The molecule has 0 unspecified atom stereocenters. The first-order chi connectivity index (χ1) is 14.0. The van der Waals surface area contributed by atoms with Gasteiger partial charge in [0.05, 0.1) is 0 Å². The highest BCUT2D eigenvalue weighted by Crippen LogP contribution is 2.26. The van der Waals surface area contributed by atoms with E-state index in [0.29, 0.717) is 18.7 Å². The summed E-state index contributed by atoms with van der Waals surface area (Å²) in [4.78, 5) is 17.0. The lowest BCUT2D eigenvalue weighted by molar-refractivity contribution is 0.232. The number of piperidine rings is 1. The maximum absolute atomic E-state index is 13.4. The fraction of sp³-hybridized carbons (Fsp3) is 0.571. The highest BCUT2D eigenvalue weighted by atomic mass is 16.2. The van der Waals surface area contributed by atoms with E-state index in [1.165, 1.54) is 12.8 Å². The molecule has 2 amide bonds. The van der Waals surface area contributed by atoms with Crippen molar-refractivity contribution in [2.24, 2.45) is 11.5 Å². The van der Waals surface area contributed by atoms with E-state index in [2.05, 4.69) is 5.32 Å². The van der Waals surface area contributed by atoms with Gasteiger partial charge in [0.2, 0.25) is 0 Å². The summed E-state index contributed by atoms with van der Waals surface area (Å²) in [6, 6.07) is 7.47. The quantitative estimate of drug-likeness (QED) is 0.302. The molecule has 0 bridgehead atoms. The monoisotopic (exact) mass is 399 g/mol. The number of hydrogen-bond donors (Lipinski definition) is 5. The standard InChI is InChI=1S/C21H33N7O/c22-19(23)15-6-5-9-18(14-15)28(17-10-12-27(13-11-17)20(24)25)21(29)26-16-7-3-1-2-4-8-16/h5-6,9,14,16-17H,1-4,7-8,10-13H2,(H3,22,23)(H3,24,25)(H,26,29). The third-order valence-corrected chi connectivity index (χ3v) is 6.01. The first-order valence-electron chi connectivity index (χ1n) is 10.6. The largest absolute Gasteiger partial charge is 0.384 e. The van der Waals surface area contributed by atoms with Gasteiger partial charge in [0, 0.05) is 36.4 Å². The van der Waals surface area contributed by atoms with Crippen LogP contribution in [0.2, 0.25) is 0 Å². The summed E-state index contributed by atoms with van der Waals surface area (Å²) >= 11 is 0. The Kier molecular flexibility index (Phi) is 6.95. The molecule has 8 nitrogen and oxygen atoms in total. The number of hydrogen-bond acceptors (Lipinski definition) is 3. The van der Waals surface area contributed by atoms with Crippen LogP contribution in [0.1, 0.15) is 56.9 Å². The number of urea groups is 1. The van der Waals surface area contributed by atoms with Crippen molar-refractivity contribution in [2.45, 2.75) is 63.5 Å². The lowest BCUT2D eigenvalue weighted by atomic mass is 10.0. The third kappa shape index (κ3) is 5.40. The molecule has 1 aliphatic carbocycles. The van der Waals surface area contributed by atoms with Crippen molar-refractivity contribution < 1.29 is 4.79 Å². The fourth-order valence-corrected chi connectivity index (χ4v) is 4.35. The van der Waals surface area contributed by atoms with Crippen LogP contribution in [-0.2, 0) is 0 Å². The zero-order chi connectivity index (χ0) is 20.8. The molecular weight excluding hydrogens is 366 g/mol. The number of nitrogen functional groups attached to an aromatic ring is 1. The van der Waals surface area contributed by atoms with Gasteiger partial charge >= 0.3 is 6.03 Å². The van der Waals surface area contributed by atoms with Crippen molar-refractivity contribution in [3.63, 3.8) is 0 Å². The van der Waals surface area contributed by atoms with Crippen molar-refractivity contribution in [2.75, 3.05) is 18.0 Å². The average Bonchev–Trinajstić information content (AvgIpc) is 2.97. The van der Waals surface area contributed by atoms with E-state index in [1.54, 1.807) is 6.07 Å². The number of guanidine groups is 1. The SMILES string of the molecule is N=C(N)c1cccc(N(C(=O)NC2CCCCCC2)C2CCN(C(=N)N)CC2)c1. The van der Waals surface area contributed by atoms with Crippen LogP contribution in [0.15, 0.2) is 24.3 Å². The van der Waals surface area contributed by atoms with Crippen molar-refractivity contribution in [1.29, 1.82) is 10.8 Å². The van der Waals surface area contributed by atoms with E-state index < -0.39 is 0 Å². The lowest BCUT2D eigenvalue weighted by Gasteiger charge is -2.39. The van der Waals surface area contributed by atoms with Crippen LogP contribution < -0.4 is 21.7 Å².